The van der Waals surface area contributed by atoms with Gasteiger partial charge in [-0.3, -0.25) is 0 Å². The van der Waals surface area contributed by atoms with E-state index in [4.69, 9.17) is 0 Å². The maximum Gasteiger partial charge on any atom is 0.417 e. The van der Waals surface area contributed by atoms with Gasteiger partial charge in [-0.15, -0.1) is 0 Å². The Bertz CT molecular complexity index is 711. The van der Waals surface area contributed by atoms with Gasteiger partial charge in [0.1, 0.15) is 0 Å². The van der Waals surface area contributed by atoms with Crippen molar-refractivity contribution >= 4 is 0 Å². The molecule has 192 valence electrons. The minimum Gasteiger partial charge on any atom is -0.380 e. The van der Waals surface area contributed by atoms with Gasteiger partial charge in [-0.1, -0.05) is 54.4 Å². The monoisotopic (exact) mass is 470 g/mol. The highest BCUT2D eigenvalue weighted by Crippen LogP contribution is 2.69. The second-order valence-electron chi connectivity index (χ2n) is 14.5. The van der Waals surface area contributed by atoms with Gasteiger partial charge in [-0.2, -0.15) is 13.2 Å². The summed E-state index contributed by atoms with van der Waals surface area (Å²) in [6.07, 6.45) is 6.81. The van der Waals surface area contributed by atoms with E-state index in [0.29, 0.717) is 29.1 Å². The SMILES string of the molecule is C[C@H](CCCC(C)(C)C)[C@H]1CC[C@H]2[C@@H]3CC[C@H]4C[C@](O)(C(F)(F)F)CC[C@]4(C)[C@H]3CC[C@]12C. The van der Waals surface area contributed by atoms with Gasteiger partial charge in [0.25, 0.3) is 0 Å². The van der Waals surface area contributed by atoms with Crippen molar-refractivity contribution in [2.45, 2.75) is 130 Å². The minimum absolute atomic E-state index is 0.0111. The Morgan fingerprint density at radius 3 is 2.18 bits per heavy atom. The maximum atomic E-state index is 13.6. The van der Waals surface area contributed by atoms with Gasteiger partial charge in [0.15, 0.2) is 5.60 Å². The van der Waals surface area contributed by atoms with E-state index in [0.717, 1.165) is 30.6 Å². The fraction of sp³-hybridized carbons (Fsp3) is 1.00. The molecule has 4 saturated carbocycles. The Kier molecular flexibility index (Phi) is 6.58. The standard InChI is InChI=1S/C29H49F3O/c1-19(8-7-14-25(2,3)4)22-11-12-23-21-10-9-20-18-28(33,29(30,31)32)17-16-26(20,5)24(21)13-15-27(22,23)6/h19-24,33H,7-18H2,1-6H3/t19-,20+,21+,22-,23+,24+,26+,27-,28+/m1/s1. The molecule has 4 heteroatoms. The van der Waals surface area contributed by atoms with E-state index in [-0.39, 0.29) is 24.2 Å². The van der Waals surface area contributed by atoms with E-state index >= 15 is 0 Å². The zero-order chi connectivity index (χ0) is 24.4. The van der Waals surface area contributed by atoms with Gasteiger partial charge in [0.2, 0.25) is 0 Å². The van der Waals surface area contributed by atoms with Crippen LogP contribution in [0, 0.1) is 51.8 Å². The quantitative estimate of drug-likeness (QED) is 0.435. The summed E-state index contributed by atoms with van der Waals surface area (Å²) in [6.45, 7) is 14.4. The molecule has 0 heterocycles. The van der Waals surface area contributed by atoms with Crippen molar-refractivity contribution in [2.24, 2.45) is 51.8 Å². The number of hydrogen-bond donors (Lipinski definition) is 1. The summed E-state index contributed by atoms with van der Waals surface area (Å²) in [6, 6.07) is 0. The zero-order valence-electron chi connectivity index (χ0n) is 22.0. The molecule has 0 saturated heterocycles. The maximum absolute atomic E-state index is 13.6. The molecule has 0 amide bonds. The highest BCUT2D eigenvalue weighted by Gasteiger charge is 2.65. The van der Waals surface area contributed by atoms with E-state index < -0.39 is 11.8 Å². The summed E-state index contributed by atoms with van der Waals surface area (Å²) in [5, 5.41) is 10.4. The van der Waals surface area contributed by atoms with Crippen LogP contribution >= 0.6 is 0 Å². The van der Waals surface area contributed by atoms with Crippen LogP contribution in [0.3, 0.4) is 0 Å². The second-order valence-corrected chi connectivity index (χ2v) is 14.5. The summed E-state index contributed by atoms with van der Waals surface area (Å²) in [7, 11) is 0. The van der Waals surface area contributed by atoms with Crippen molar-refractivity contribution in [3.8, 4) is 0 Å². The summed E-state index contributed by atoms with van der Waals surface area (Å²) in [4.78, 5) is 0. The van der Waals surface area contributed by atoms with Crippen LogP contribution in [-0.4, -0.2) is 16.9 Å². The van der Waals surface area contributed by atoms with Crippen molar-refractivity contribution < 1.29 is 18.3 Å². The highest BCUT2D eigenvalue weighted by molar-refractivity contribution is 5.11. The van der Waals surface area contributed by atoms with Gasteiger partial charge in [0.05, 0.1) is 0 Å². The molecule has 0 radical (unpaired) electrons. The summed E-state index contributed by atoms with van der Waals surface area (Å²) in [5.41, 5.74) is -1.68. The van der Waals surface area contributed by atoms with Crippen molar-refractivity contribution in [1.82, 2.24) is 0 Å². The van der Waals surface area contributed by atoms with Crippen LogP contribution in [0.15, 0.2) is 0 Å². The molecule has 4 fully saturated rings. The number of rotatable bonds is 4. The minimum atomic E-state index is -4.50. The van der Waals surface area contributed by atoms with Crippen molar-refractivity contribution in [1.29, 1.82) is 0 Å². The van der Waals surface area contributed by atoms with Gasteiger partial charge in [-0.25, -0.2) is 0 Å². The van der Waals surface area contributed by atoms with Crippen LogP contribution in [0.4, 0.5) is 13.2 Å². The van der Waals surface area contributed by atoms with Crippen molar-refractivity contribution in [3.05, 3.63) is 0 Å². The van der Waals surface area contributed by atoms with E-state index in [1.807, 2.05) is 0 Å². The van der Waals surface area contributed by atoms with Crippen LogP contribution in [0.25, 0.3) is 0 Å². The molecule has 1 N–H and O–H groups in total. The second kappa shape index (κ2) is 8.41. The molecule has 33 heavy (non-hydrogen) atoms. The molecule has 0 aromatic rings. The average molecular weight is 471 g/mol. The Balaban J connectivity index is 1.46. The van der Waals surface area contributed by atoms with Crippen LogP contribution < -0.4 is 0 Å². The molecule has 0 spiro atoms. The van der Waals surface area contributed by atoms with E-state index in [1.54, 1.807) is 0 Å². The van der Waals surface area contributed by atoms with Gasteiger partial charge >= 0.3 is 6.18 Å². The Hall–Kier alpha value is -0.250. The summed E-state index contributed by atoms with van der Waals surface area (Å²) < 4.78 is 40.8. The molecule has 1 nitrogen and oxygen atoms in total. The number of fused-ring (bicyclic) bond motifs is 5. The Morgan fingerprint density at radius 2 is 1.55 bits per heavy atom. The third kappa shape index (κ3) is 4.42. The Morgan fingerprint density at radius 1 is 0.879 bits per heavy atom. The molecular formula is C29H49F3O. The molecular weight excluding hydrogens is 421 g/mol. The lowest BCUT2D eigenvalue weighted by atomic mass is 9.43. The van der Waals surface area contributed by atoms with Gasteiger partial charge in [0, 0.05) is 0 Å². The van der Waals surface area contributed by atoms with Crippen LogP contribution in [0.2, 0.25) is 0 Å². The molecule has 0 bridgehead atoms. The molecule has 0 aliphatic heterocycles. The number of aliphatic hydroxyl groups is 1. The first-order valence-electron chi connectivity index (χ1n) is 13.9. The fourth-order valence-corrected chi connectivity index (χ4v) is 9.63. The van der Waals surface area contributed by atoms with Crippen molar-refractivity contribution in [3.63, 3.8) is 0 Å². The largest absolute Gasteiger partial charge is 0.417 e. The van der Waals surface area contributed by atoms with Crippen molar-refractivity contribution in [2.75, 3.05) is 0 Å². The van der Waals surface area contributed by atoms with E-state index in [2.05, 4.69) is 41.5 Å². The molecule has 4 aliphatic rings. The van der Waals surface area contributed by atoms with Crippen LogP contribution in [0.5, 0.6) is 0 Å². The fourth-order valence-electron chi connectivity index (χ4n) is 9.63. The lowest BCUT2D eigenvalue weighted by Crippen LogP contribution is -2.59. The van der Waals surface area contributed by atoms with Crippen LogP contribution in [0.1, 0.15) is 119 Å². The number of alkyl halides is 3. The lowest BCUT2D eigenvalue weighted by Gasteiger charge is -2.62. The molecule has 4 rings (SSSR count). The molecule has 0 aromatic carbocycles. The zero-order valence-corrected chi connectivity index (χ0v) is 22.0. The number of halogens is 3. The number of hydrogen-bond acceptors (Lipinski definition) is 1. The average Bonchev–Trinajstić information content (AvgIpc) is 3.04. The predicted octanol–water partition coefficient (Wildman–Crippen LogP) is 8.79. The first-order chi connectivity index (χ1) is 15.1. The predicted molar refractivity (Wildman–Crippen MR) is 129 cm³/mol. The molecule has 9 atom stereocenters. The lowest BCUT2D eigenvalue weighted by molar-refractivity contribution is -0.290. The normalized spacial score (nSPS) is 46.9. The molecule has 4 aliphatic carbocycles. The molecule has 0 unspecified atom stereocenters. The summed E-state index contributed by atoms with van der Waals surface area (Å²) >= 11 is 0. The van der Waals surface area contributed by atoms with E-state index in [1.165, 1.54) is 44.9 Å². The van der Waals surface area contributed by atoms with Gasteiger partial charge in [-0.05, 0) is 116 Å². The smallest absolute Gasteiger partial charge is 0.380 e. The highest BCUT2D eigenvalue weighted by atomic mass is 19.4. The third-order valence-corrected chi connectivity index (χ3v) is 11.6. The third-order valence-electron chi connectivity index (χ3n) is 11.6. The first-order valence-corrected chi connectivity index (χ1v) is 13.9. The van der Waals surface area contributed by atoms with E-state index in [9.17, 15) is 18.3 Å². The summed E-state index contributed by atoms with van der Waals surface area (Å²) in [5.74, 6) is 3.54. The Labute approximate surface area is 200 Å². The molecule has 0 aromatic heterocycles. The van der Waals surface area contributed by atoms with Crippen LogP contribution in [-0.2, 0) is 0 Å². The topological polar surface area (TPSA) is 20.2 Å². The van der Waals surface area contributed by atoms with Gasteiger partial charge < -0.3 is 5.11 Å². The first kappa shape index (κ1) is 25.8.